The first-order valence-electron chi connectivity index (χ1n) is 7.16. The van der Waals surface area contributed by atoms with Crippen molar-refractivity contribution in [2.45, 2.75) is 51.9 Å². The summed E-state index contributed by atoms with van der Waals surface area (Å²) in [5, 5.41) is 0. The maximum Gasteiger partial charge on any atom is -0.00674 e. The van der Waals surface area contributed by atoms with E-state index < -0.39 is 0 Å². The van der Waals surface area contributed by atoms with E-state index in [1.165, 1.54) is 56.5 Å². The van der Waals surface area contributed by atoms with Crippen LogP contribution in [0.4, 0.5) is 0 Å². The molecule has 0 saturated heterocycles. The van der Waals surface area contributed by atoms with Crippen LogP contribution in [0, 0.1) is 17.8 Å². The molecule has 0 aromatic heterocycles. The average Bonchev–Trinajstić information content (AvgIpc) is 2.35. The Morgan fingerprint density at radius 3 is 2.62 bits per heavy atom. The highest BCUT2D eigenvalue weighted by molar-refractivity contribution is 7.99. The second kappa shape index (κ2) is 6.74. The highest BCUT2D eigenvalue weighted by Gasteiger charge is 2.30. The highest BCUT2D eigenvalue weighted by atomic mass is 32.2. The van der Waals surface area contributed by atoms with Crippen LogP contribution in [0.25, 0.3) is 0 Å². The van der Waals surface area contributed by atoms with Gasteiger partial charge in [0.25, 0.3) is 0 Å². The summed E-state index contributed by atoms with van der Waals surface area (Å²) in [4.78, 5) is 0. The second-order valence-corrected chi connectivity index (χ2v) is 6.71. The topological polar surface area (TPSA) is 0 Å². The van der Waals surface area contributed by atoms with E-state index in [9.17, 15) is 0 Å². The maximum absolute atomic E-state index is 2.52. The lowest BCUT2D eigenvalue weighted by atomic mass is 9.68. The Morgan fingerprint density at radius 1 is 1.12 bits per heavy atom. The van der Waals surface area contributed by atoms with Gasteiger partial charge in [0.2, 0.25) is 0 Å². The zero-order valence-electron chi connectivity index (χ0n) is 10.7. The minimum absolute atomic E-state index is 0.947. The van der Waals surface area contributed by atoms with E-state index >= 15 is 0 Å². The van der Waals surface area contributed by atoms with Crippen LogP contribution >= 0.6 is 11.8 Å². The van der Waals surface area contributed by atoms with Crippen molar-refractivity contribution in [3.05, 3.63) is 12.2 Å². The molecule has 0 N–H and O–H groups in total. The predicted molar refractivity (Wildman–Crippen MR) is 74.9 cm³/mol. The lowest BCUT2D eigenvalue weighted by Crippen LogP contribution is -2.27. The van der Waals surface area contributed by atoms with Crippen LogP contribution in [-0.4, -0.2) is 11.5 Å². The quantitative estimate of drug-likeness (QED) is 0.449. The molecule has 0 aromatic carbocycles. The van der Waals surface area contributed by atoms with E-state index in [0.29, 0.717) is 0 Å². The molecule has 2 bridgehead atoms. The molecular weight excluding hydrogens is 212 g/mol. The predicted octanol–water partition coefficient (Wildman–Crippen LogP) is 4.90. The Labute approximate surface area is 105 Å². The Kier molecular flexibility index (Phi) is 5.28. The summed E-state index contributed by atoms with van der Waals surface area (Å²) < 4.78 is 0. The molecule has 0 heterocycles. The summed E-state index contributed by atoms with van der Waals surface area (Å²) in [7, 11) is 0. The van der Waals surface area contributed by atoms with Crippen LogP contribution < -0.4 is 0 Å². The van der Waals surface area contributed by atoms with Crippen molar-refractivity contribution in [2.24, 2.45) is 17.8 Å². The van der Waals surface area contributed by atoms with Crippen LogP contribution in [0.1, 0.15) is 51.9 Å². The van der Waals surface area contributed by atoms with E-state index in [2.05, 4.69) is 30.8 Å². The number of hydrogen-bond donors (Lipinski definition) is 0. The van der Waals surface area contributed by atoms with Gasteiger partial charge in [-0.2, -0.15) is 11.8 Å². The van der Waals surface area contributed by atoms with Gasteiger partial charge in [-0.3, -0.25) is 0 Å². The van der Waals surface area contributed by atoms with Crippen LogP contribution in [0.15, 0.2) is 12.2 Å². The molecule has 0 aromatic rings. The Morgan fingerprint density at radius 2 is 2.00 bits per heavy atom. The summed E-state index contributed by atoms with van der Waals surface area (Å²) in [6, 6.07) is 0. The third kappa shape index (κ3) is 3.55. The fraction of sp³-hybridized carbons (Fsp3) is 0.867. The molecule has 0 radical (unpaired) electrons. The highest BCUT2D eigenvalue weighted by Crippen LogP contribution is 2.42. The van der Waals surface area contributed by atoms with Crippen LogP contribution in [0.3, 0.4) is 0 Å². The molecule has 1 saturated carbocycles. The second-order valence-electron chi connectivity index (χ2n) is 5.49. The lowest BCUT2D eigenvalue weighted by molar-refractivity contribution is 0.208. The van der Waals surface area contributed by atoms with E-state index in [4.69, 9.17) is 0 Å². The van der Waals surface area contributed by atoms with E-state index in [1.807, 2.05) is 0 Å². The average molecular weight is 238 g/mol. The molecule has 3 unspecified atom stereocenters. The minimum Gasteiger partial charge on any atom is -0.162 e. The normalized spacial score (nSPS) is 32.2. The van der Waals surface area contributed by atoms with Gasteiger partial charge in [-0.1, -0.05) is 25.5 Å². The number of thioether (sulfide) groups is 1. The van der Waals surface area contributed by atoms with Gasteiger partial charge in [-0.05, 0) is 67.8 Å². The first-order valence-corrected chi connectivity index (χ1v) is 8.31. The third-order valence-electron chi connectivity index (χ3n) is 4.22. The number of allylic oxidation sites excluding steroid dienone is 2. The van der Waals surface area contributed by atoms with Gasteiger partial charge in [-0.15, -0.1) is 0 Å². The van der Waals surface area contributed by atoms with Gasteiger partial charge in [-0.25, -0.2) is 0 Å². The zero-order chi connectivity index (χ0) is 11.2. The molecule has 92 valence electrons. The van der Waals surface area contributed by atoms with Gasteiger partial charge in [0, 0.05) is 0 Å². The third-order valence-corrected chi connectivity index (χ3v) is 5.37. The Hall–Kier alpha value is 0.0900. The van der Waals surface area contributed by atoms with Crippen molar-refractivity contribution in [1.29, 1.82) is 0 Å². The molecule has 3 aliphatic rings. The van der Waals surface area contributed by atoms with Gasteiger partial charge >= 0.3 is 0 Å². The van der Waals surface area contributed by atoms with Gasteiger partial charge in [0.05, 0.1) is 0 Å². The number of hydrogen-bond acceptors (Lipinski definition) is 1. The first-order chi connectivity index (χ1) is 7.90. The van der Waals surface area contributed by atoms with E-state index in [0.717, 1.165) is 17.8 Å². The van der Waals surface area contributed by atoms with Gasteiger partial charge in [0.15, 0.2) is 0 Å². The van der Waals surface area contributed by atoms with E-state index in [-0.39, 0.29) is 0 Å². The molecule has 0 spiro atoms. The lowest BCUT2D eigenvalue weighted by Gasteiger charge is -2.38. The number of fused-ring (bicyclic) bond motifs is 2. The summed E-state index contributed by atoms with van der Waals surface area (Å²) >= 11 is 2.17. The fourth-order valence-electron chi connectivity index (χ4n) is 3.18. The molecule has 3 rings (SSSR count). The van der Waals surface area contributed by atoms with Gasteiger partial charge in [0.1, 0.15) is 0 Å². The molecule has 0 aliphatic heterocycles. The van der Waals surface area contributed by atoms with Crippen molar-refractivity contribution < 1.29 is 0 Å². The van der Waals surface area contributed by atoms with Crippen molar-refractivity contribution in [3.8, 4) is 0 Å². The monoisotopic (exact) mass is 238 g/mol. The van der Waals surface area contributed by atoms with Gasteiger partial charge < -0.3 is 0 Å². The summed E-state index contributed by atoms with van der Waals surface area (Å²) in [6.45, 7) is 2.28. The zero-order valence-corrected chi connectivity index (χ0v) is 11.5. The van der Waals surface area contributed by atoms with Crippen molar-refractivity contribution in [3.63, 3.8) is 0 Å². The maximum atomic E-state index is 2.52. The van der Waals surface area contributed by atoms with E-state index in [1.54, 1.807) is 0 Å². The SMILES string of the molecule is CCCCSCCCC1CC2C=CC1CC2. The molecule has 0 nitrogen and oxygen atoms in total. The standard InChI is InChI=1S/C15H26S/c1-2-3-10-16-11-4-5-15-12-13-6-8-14(15)9-7-13/h6,8,13-15H,2-5,7,9-12H2,1H3. The Balaban J connectivity index is 1.55. The van der Waals surface area contributed by atoms with Crippen LogP contribution in [0.2, 0.25) is 0 Å². The minimum atomic E-state index is 0.947. The summed E-state index contributed by atoms with van der Waals surface area (Å²) in [5.74, 6) is 5.72. The largest absolute Gasteiger partial charge is 0.162 e. The smallest absolute Gasteiger partial charge is 0.00674 e. The van der Waals surface area contributed by atoms with Crippen molar-refractivity contribution >= 4 is 11.8 Å². The molecule has 3 aliphatic carbocycles. The summed E-state index contributed by atoms with van der Waals surface area (Å²) in [6.07, 6.45) is 15.2. The molecule has 0 amide bonds. The van der Waals surface area contributed by atoms with Crippen molar-refractivity contribution in [2.75, 3.05) is 11.5 Å². The summed E-state index contributed by atoms with van der Waals surface area (Å²) in [5.41, 5.74) is 0. The van der Waals surface area contributed by atoms with Crippen molar-refractivity contribution in [1.82, 2.24) is 0 Å². The van der Waals surface area contributed by atoms with Crippen LogP contribution in [0.5, 0.6) is 0 Å². The first kappa shape index (κ1) is 12.5. The molecule has 1 fully saturated rings. The fourth-order valence-corrected chi connectivity index (χ4v) is 4.25. The Bertz CT molecular complexity index is 221. The molecule has 1 heteroatoms. The number of rotatable bonds is 7. The molecule has 16 heavy (non-hydrogen) atoms. The van der Waals surface area contributed by atoms with Crippen LogP contribution in [-0.2, 0) is 0 Å². The molecular formula is C15H26S. The number of unbranched alkanes of at least 4 members (excludes halogenated alkanes) is 1. The molecule has 3 atom stereocenters.